The first kappa shape index (κ1) is 5.43. The van der Waals surface area contributed by atoms with Gasteiger partial charge in [-0.05, 0) is 25.5 Å². The zero-order valence-electron chi connectivity index (χ0n) is 6.97. The number of aromatic nitrogens is 1. The fourth-order valence-electron chi connectivity index (χ4n) is 0.742. The van der Waals surface area contributed by atoms with E-state index in [-0.39, 0.29) is 0 Å². The molecule has 0 N–H and O–H groups in total. The van der Waals surface area contributed by atoms with Crippen molar-refractivity contribution in [1.29, 1.82) is 5.26 Å². The third-order valence-electron chi connectivity index (χ3n) is 1.28. The molecule has 0 radical (unpaired) electrons. The van der Waals surface area contributed by atoms with Crippen molar-refractivity contribution in [1.82, 2.24) is 4.98 Å². The van der Waals surface area contributed by atoms with Crippen LogP contribution in [0.25, 0.3) is 0 Å². The predicted octanol–water partition coefficient (Wildman–Crippen LogP) is 1.57. The lowest BCUT2D eigenvalue weighted by molar-refractivity contribution is 1.16. The van der Waals surface area contributed by atoms with Gasteiger partial charge in [0.1, 0.15) is 6.07 Å². The van der Waals surface area contributed by atoms with E-state index < -0.39 is 0 Å². The van der Waals surface area contributed by atoms with Crippen LogP contribution in [0, 0.1) is 25.2 Å². The average Bonchev–Trinajstić information content (AvgIpc) is 2.01. The van der Waals surface area contributed by atoms with Crippen LogP contribution >= 0.6 is 0 Å². The van der Waals surface area contributed by atoms with Crippen LogP contribution in [-0.4, -0.2) is 4.98 Å². The van der Waals surface area contributed by atoms with Crippen molar-refractivity contribution in [3.8, 4) is 6.07 Å². The molecule has 2 nitrogen and oxygen atoms in total. The molecule has 50 valence electrons. The van der Waals surface area contributed by atoms with Crippen molar-refractivity contribution in [2.24, 2.45) is 0 Å². The number of rotatable bonds is 0. The van der Waals surface area contributed by atoms with E-state index in [2.05, 4.69) is 4.98 Å². The Morgan fingerprint density at radius 1 is 1.70 bits per heavy atom. The lowest BCUT2D eigenvalue weighted by Crippen LogP contribution is -1.86. The molecular formula is C8H8N2. The molecule has 0 fully saturated rings. The second-order valence-electron chi connectivity index (χ2n) is 2.12. The molecule has 0 aliphatic heterocycles. The molecule has 1 heterocycles. The number of aryl methyl sites for hydroxylation is 1. The van der Waals surface area contributed by atoms with Crippen molar-refractivity contribution in [3.63, 3.8) is 0 Å². The fourth-order valence-corrected chi connectivity index (χ4v) is 0.742. The topological polar surface area (TPSA) is 36.7 Å². The maximum atomic E-state index is 8.56. The first-order valence-electron chi connectivity index (χ1n) is 3.49. The lowest BCUT2D eigenvalue weighted by atomic mass is 10.1. The summed E-state index contributed by atoms with van der Waals surface area (Å²) in [6.07, 6.45) is 1.50. The summed E-state index contributed by atoms with van der Waals surface area (Å²) >= 11 is 0. The van der Waals surface area contributed by atoms with E-state index in [0.717, 1.165) is 0 Å². The van der Waals surface area contributed by atoms with Crippen molar-refractivity contribution in [2.45, 2.75) is 13.8 Å². The van der Waals surface area contributed by atoms with Crippen LogP contribution in [-0.2, 0) is 0 Å². The van der Waals surface area contributed by atoms with Crippen LogP contribution in [0.15, 0.2) is 12.2 Å². The molecule has 1 aromatic rings. The van der Waals surface area contributed by atoms with Gasteiger partial charge in [-0.3, -0.25) is 4.98 Å². The Morgan fingerprint density at radius 2 is 2.40 bits per heavy atom. The van der Waals surface area contributed by atoms with Gasteiger partial charge in [-0.2, -0.15) is 5.26 Å². The molecular weight excluding hydrogens is 124 g/mol. The highest BCUT2D eigenvalue weighted by atomic mass is 14.7. The Bertz CT molecular complexity index is 326. The quantitative estimate of drug-likeness (QED) is 0.538. The monoisotopic (exact) mass is 133 g/mol. The Balaban J connectivity index is 3.40. The number of nitriles is 1. The van der Waals surface area contributed by atoms with Gasteiger partial charge in [0.2, 0.25) is 0 Å². The largest absolute Gasteiger partial charge is 0.260 e. The Morgan fingerprint density at radius 3 is 3.00 bits per heavy atom. The summed E-state index contributed by atoms with van der Waals surface area (Å²) < 4.78 is 7.47. The van der Waals surface area contributed by atoms with Gasteiger partial charge in [-0.15, -0.1) is 0 Å². The van der Waals surface area contributed by atoms with E-state index in [1.165, 1.54) is 6.20 Å². The summed E-state index contributed by atoms with van der Waals surface area (Å²) in [5.41, 5.74) is 1.86. The first-order valence-corrected chi connectivity index (χ1v) is 2.99. The minimum Gasteiger partial charge on any atom is -0.260 e. The summed E-state index contributed by atoms with van der Waals surface area (Å²) in [6.45, 7) is 3.52. The number of hydrogen-bond donors (Lipinski definition) is 0. The highest BCUT2D eigenvalue weighted by Crippen LogP contribution is 2.04. The Hall–Kier alpha value is -1.36. The van der Waals surface area contributed by atoms with E-state index in [9.17, 15) is 0 Å². The molecule has 0 atom stereocenters. The lowest BCUT2D eigenvalue weighted by Gasteiger charge is -1.95. The second kappa shape index (κ2) is 2.49. The normalized spacial score (nSPS) is 10.3. The van der Waals surface area contributed by atoms with Gasteiger partial charge in [-0.25, -0.2) is 0 Å². The molecule has 0 aromatic carbocycles. The number of hydrogen-bond acceptors (Lipinski definition) is 2. The second-order valence-corrected chi connectivity index (χ2v) is 2.12. The number of nitrogens with zero attached hydrogens (tertiary/aromatic N) is 2. The third kappa shape index (κ3) is 1.14. The Kier molecular flexibility index (Phi) is 1.35. The summed E-state index contributed by atoms with van der Waals surface area (Å²) in [5.74, 6) is 0. The van der Waals surface area contributed by atoms with E-state index in [0.29, 0.717) is 22.9 Å². The summed E-state index contributed by atoms with van der Waals surface area (Å²) in [5, 5.41) is 8.56. The molecule has 0 saturated heterocycles. The smallest absolute Gasteiger partial charge is 0.101 e. The molecule has 0 saturated carbocycles. The van der Waals surface area contributed by atoms with Gasteiger partial charge in [0, 0.05) is 11.9 Å². The van der Waals surface area contributed by atoms with Crippen LogP contribution < -0.4 is 0 Å². The van der Waals surface area contributed by atoms with Gasteiger partial charge in [0.15, 0.2) is 0 Å². The van der Waals surface area contributed by atoms with Gasteiger partial charge in [0.25, 0.3) is 0 Å². The highest BCUT2D eigenvalue weighted by Gasteiger charge is 1.95. The maximum Gasteiger partial charge on any atom is 0.101 e. The maximum absolute atomic E-state index is 8.56. The van der Waals surface area contributed by atoms with Gasteiger partial charge in [-0.1, -0.05) is 0 Å². The predicted molar refractivity (Wildman–Crippen MR) is 38.4 cm³/mol. The fraction of sp³-hybridized carbons (Fsp3) is 0.250. The molecule has 0 aliphatic carbocycles. The van der Waals surface area contributed by atoms with Gasteiger partial charge < -0.3 is 0 Å². The average molecular weight is 133 g/mol. The molecule has 0 aliphatic rings. The zero-order valence-corrected chi connectivity index (χ0v) is 5.97. The van der Waals surface area contributed by atoms with Crippen LogP contribution in [0.4, 0.5) is 0 Å². The van der Waals surface area contributed by atoms with Gasteiger partial charge in [0.05, 0.1) is 6.93 Å². The molecule has 1 aromatic heterocycles. The highest BCUT2D eigenvalue weighted by molar-refractivity contribution is 5.34. The van der Waals surface area contributed by atoms with Crippen LogP contribution in [0.5, 0.6) is 0 Å². The molecule has 0 amide bonds. The molecule has 2 heteroatoms. The van der Waals surface area contributed by atoms with Crippen molar-refractivity contribution < 1.29 is 1.37 Å². The summed E-state index contributed by atoms with van der Waals surface area (Å²) in [6, 6.07) is 2.35. The minimum atomic E-state index is 0.365. The van der Waals surface area contributed by atoms with E-state index >= 15 is 0 Å². The van der Waals surface area contributed by atoms with Crippen molar-refractivity contribution in [3.05, 3.63) is 29.1 Å². The van der Waals surface area contributed by atoms with Crippen molar-refractivity contribution >= 4 is 0 Å². The van der Waals surface area contributed by atoms with Crippen LogP contribution in [0.2, 0.25) is 0 Å². The van der Waals surface area contributed by atoms with Crippen molar-refractivity contribution in [2.75, 3.05) is 0 Å². The molecule has 10 heavy (non-hydrogen) atoms. The van der Waals surface area contributed by atoms with Gasteiger partial charge >= 0.3 is 0 Å². The Labute approximate surface area is 61.5 Å². The SMILES string of the molecule is [2H]c1c(C)ncc(C#N)c1C. The van der Waals surface area contributed by atoms with E-state index in [1.807, 2.05) is 6.07 Å². The van der Waals surface area contributed by atoms with Crippen LogP contribution in [0.3, 0.4) is 0 Å². The first-order chi connectivity index (χ1) is 5.16. The summed E-state index contributed by atoms with van der Waals surface area (Å²) in [7, 11) is 0. The third-order valence-corrected chi connectivity index (χ3v) is 1.28. The van der Waals surface area contributed by atoms with Crippen LogP contribution in [0.1, 0.15) is 18.2 Å². The standard InChI is InChI=1S/C8H8N2/c1-6-3-7(2)10-5-8(6)4-9/h3,5H,1-2H3/i3D. The summed E-state index contributed by atoms with van der Waals surface area (Å²) in [4.78, 5) is 3.90. The number of pyridine rings is 1. The van der Waals surface area contributed by atoms with E-state index in [1.54, 1.807) is 13.8 Å². The molecule has 1 rings (SSSR count). The minimum absolute atomic E-state index is 0.365. The molecule has 0 bridgehead atoms. The molecule has 0 spiro atoms. The zero-order chi connectivity index (χ0) is 8.43. The molecule has 0 unspecified atom stereocenters. The van der Waals surface area contributed by atoms with E-state index in [4.69, 9.17) is 6.63 Å².